The van der Waals surface area contributed by atoms with E-state index in [-0.39, 0.29) is 18.4 Å². The van der Waals surface area contributed by atoms with Gasteiger partial charge in [-0.1, -0.05) is 6.07 Å². The third-order valence-electron chi connectivity index (χ3n) is 4.07. The average molecular weight is 474 g/mol. The molecule has 168 valence electrons. The normalized spacial score (nSPS) is 10.3. The molecular weight excluding hydrogens is 450 g/mol. The molecule has 1 heterocycles. The quantitative estimate of drug-likeness (QED) is 0.433. The lowest BCUT2D eigenvalue weighted by Crippen LogP contribution is -2.20. The van der Waals surface area contributed by atoms with E-state index in [0.717, 1.165) is 11.4 Å². The van der Waals surface area contributed by atoms with Crippen LogP contribution >= 0.6 is 23.1 Å². The highest BCUT2D eigenvalue weighted by atomic mass is 32.2. The number of nitrogens with one attached hydrogen (secondary N) is 2. The Kier molecular flexibility index (Phi) is 8.76. The van der Waals surface area contributed by atoms with Crippen LogP contribution in [0.1, 0.15) is 5.69 Å². The standard InChI is InChI=1S/C22H23N3O5S2/c1-28-17-8-6-15(7-9-17)23-21(27)14-31-12-16-13-32-22(24-16)25-20(26)11-30-19-5-3-4-18(10-19)29-2/h3-10,13H,11-12,14H2,1-2H3,(H,23,27)(H,24,25,26). The highest BCUT2D eigenvalue weighted by molar-refractivity contribution is 7.99. The van der Waals surface area contributed by atoms with Crippen LogP contribution in [0.4, 0.5) is 10.8 Å². The molecule has 0 saturated carbocycles. The van der Waals surface area contributed by atoms with Crippen molar-refractivity contribution in [3.8, 4) is 17.2 Å². The van der Waals surface area contributed by atoms with Gasteiger partial charge in [0.25, 0.3) is 5.91 Å². The first-order valence-corrected chi connectivity index (χ1v) is 11.6. The Bertz CT molecular complexity index is 1040. The number of carbonyl (C=O) groups is 2. The molecule has 1 aromatic heterocycles. The molecule has 32 heavy (non-hydrogen) atoms. The molecule has 2 aromatic carbocycles. The van der Waals surface area contributed by atoms with E-state index < -0.39 is 0 Å². The van der Waals surface area contributed by atoms with Crippen LogP contribution in [0.5, 0.6) is 17.2 Å². The van der Waals surface area contributed by atoms with Gasteiger partial charge in [-0.05, 0) is 36.4 Å². The monoisotopic (exact) mass is 473 g/mol. The van der Waals surface area contributed by atoms with Gasteiger partial charge in [0, 0.05) is 22.9 Å². The van der Waals surface area contributed by atoms with E-state index >= 15 is 0 Å². The van der Waals surface area contributed by atoms with Crippen molar-refractivity contribution in [1.82, 2.24) is 4.98 Å². The molecule has 0 saturated heterocycles. The van der Waals surface area contributed by atoms with E-state index in [0.29, 0.717) is 33.8 Å². The Morgan fingerprint density at radius 2 is 1.72 bits per heavy atom. The van der Waals surface area contributed by atoms with E-state index in [2.05, 4.69) is 15.6 Å². The summed E-state index contributed by atoms with van der Waals surface area (Å²) in [5.74, 6) is 2.38. The molecule has 0 unspecified atom stereocenters. The molecule has 0 fully saturated rings. The summed E-state index contributed by atoms with van der Waals surface area (Å²) in [6.45, 7) is -0.137. The Morgan fingerprint density at radius 3 is 2.47 bits per heavy atom. The maximum atomic E-state index is 12.1. The Balaban J connectivity index is 1.37. The lowest BCUT2D eigenvalue weighted by atomic mass is 10.3. The van der Waals surface area contributed by atoms with Crippen molar-refractivity contribution in [2.24, 2.45) is 0 Å². The third-order valence-corrected chi connectivity index (χ3v) is 5.84. The van der Waals surface area contributed by atoms with Gasteiger partial charge >= 0.3 is 0 Å². The largest absolute Gasteiger partial charge is 0.497 e. The van der Waals surface area contributed by atoms with Crippen LogP contribution in [0.3, 0.4) is 0 Å². The fourth-order valence-corrected chi connectivity index (χ4v) is 4.09. The van der Waals surface area contributed by atoms with Gasteiger partial charge in [-0.3, -0.25) is 14.9 Å². The molecule has 8 nitrogen and oxygen atoms in total. The van der Waals surface area contributed by atoms with Gasteiger partial charge in [0.05, 0.1) is 25.7 Å². The van der Waals surface area contributed by atoms with E-state index in [4.69, 9.17) is 14.2 Å². The molecule has 3 aromatic rings. The zero-order chi connectivity index (χ0) is 22.8. The minimum Gasteiger partial charge on any atom is -0.497 e. The smallest absolute Gasteiger partial charge is 0.264 e. The van der Waals surface area contributed by atoms with E-state index in [1.165, 1.54) is 23.1 Å². The van der Waals surface area contributed by atoms with Crippen LogP contribution in [-0.2, 0) is 15.3 Å². The number of hydrogen-bond acceptors (Lipinski definition) is 8. The van der Waals surface area contributed by atoms with Crippen LogP contribution in [0, 0.1) is 0 Å². The van der Waals surface area contributed by atoms with Gasteiger partial charge in [-0.25, -0.2) is 4.98 Å². The van der Waals surface area contributed by atoms with E-state index in [1.807, 2.05) is 5.38 Å². The second-order valence-electron chi connectivity index (χ2n) is 6.43. The van der Waals surface area contributed by atoms with Gasteiger partial charge in [-0.15, -0.1) is 23.1 Å². The second kappa shape index (κ2) is 12.0. The lowest BCUT2D eigenvalue weighted by molar-refractivity contribution is -0.118. The van der Waals surface area contributed by atoms with Crippen LogP contribution in [-0.4, -0.2) is 43.4 Å². The van der Waals surface area contributed by atoms with Crippen LogP contribution < -0.4 is 24.8 Å². The number of anilines is 2. The molecule has 0 bridgehead atoms. The SMILES string of the molecule is COc1ccc(NC(=O)CSCc2csc(NC(=O)COc3cccc(OC)c3)n2)cc1. The molecular formula is C22H23N3O5S2. The topological polar surface area (TPSA) is 98.8 Å². The van der Waals surface area contributed by atoms with Crippen LogP contribution in [0.2, 0.25) is 0 Å². The number of thioether (sulfide) groups is 1. The first kappa shape index (κ1) is 23.4. The summed E-state index contributed by atoms with van der Waals surface area (Å²) < 4.78 is 15.7. The molecule has 10 heteroatoms. The Labute approximate surface area is 194 Å². The van der Waals surface area contributed by atoms with E-state index in [1.54, 1.807) is 62.8 Å². The summed E-state index contributed by atoms with van der Waals surface area (Å²) in [5, 5.41) is 7.89. The Hall–Kier alpha value is -3.24. The van der Waals surface area contributed by atoms with Crippen molar-refractivity contribution < 1.29 is 23.8 Å². The van der Waals surface area contributed by atoms with Crippen molar-refractivity contribution in [3.05, 3.63) is 59.6 Å². The minimum atomic E-state index is -0.305. The molecule has 0 aliphatic rings. The maximum Gasteiger partial charge on any atom is 0.264 e. The number of hydrogen-bond donors (Lipinski definition) is 2. The van der Waals surface area contributed by atoms with Crippen molar-refractivity contribution in [2.75, 3.05) is 37.2 Å². The van der Waals surface area contributed by atoms with Crippen molar-refractivity contribution in [2.45, 2.75) is 5.75 Å². The van der Waals surface area contributed by atoms with Gasteiger partial charge in [0.15, 0.2) is 11.7 Å². The number of methoxy groups -OCH3 is 2. The minimum absolute atomic E-state index is 0.0985. The van der Waals surface area contributed by atoms with Crippen LogP contribution in [0.25, 0.3) is 0 Å². The third kappa shape index (κ3) is 7.47. The summed E-state index contributed by atoms with van der Waals surface area (Å²) in [5.41, 5.74) is 1.51. The molecule has 0 spiro atoms. The number of carbonyl (C=O) groups excluding carboxylic acids is 2. The van der Waals surface area contributed by atoms with Gasteiger partial charge in [-0.2, -0.15) is 0 Å². The number of rotatable bonds is 11. The van der Waals surface area contributed by atoms with Crippen molar-refractivity contribution in [3.63, 3.8) is 0 Å². The molecule has 0 radical (unpaired) electrons. The van der Waals surface area contributed by atoms with Crippen molar-refractivity contribution in [1.29, 1.82) is 0 Å². The molecule has 0 aliphatic carbocycles. The molecule has 3 rings (SSSR count). The predicted octanol–water partition coefficient (Wildman–Crippen LogP) is 4.05. The highest BCUT2D eigenvalue weighted by Gasteiger charge is 2.09. The molecule has 2 N–H and O–H groups in total. The summed E-state index contributed by atoms with van der Waals surface area (Å²) in [6.07, 6.45) is 0. The maximum absolute atomic E-state index is 12.1. The fraction of sp³-hybridized carbons (Fsp3) is 0.227. The van der Waals surface area contributed by atoms with Gasteiger partial charge in [0.2, 0.25) is 5.91 Å². The number of benzene rings is 2. The van der Waals surface area contributed by atoms with Crippen LogP contribution in [0.15, 0.2) is 53.9 Å². The molecule has 0 atom stereocenters. The second-order valence-corrected chi connectivity index (χ2v) is 8.27. The summed E-state index contributed by atoms with van der Waals surface area (Å²) in [7, 11) is 3.16. The summed E-state index contributed by atoms with van der Waals surface area (Å²) in [4.78, 5) is 28.6. The average Bonchev–Trinajstić information content (AvgIpc) is 3.25. The molecule has 2 amide bonds. The fourth-order valence-electron chi connectivity index (χ4n) is 2.55. The number of amides is 2. The number of ether oxygens (including phenoxy) is 3. The summed E-state index contributed by atoms with van der Waals surface area (Å²) in [6, 6.07) is 14.2. The Morgan fingerprint density at radius 1 is 0.969 bits per heavy atom. The van der Waals surface area contributed by atoms with Gasteiger partial charge in [0.1, 0.15) is 17.2 Å². The predicted molar refractivity (Wildman–Crippen MR) is 127 cm³/mol. The molecule has 0 aliphatic heterocycles. The number of nitrogens with zero attached hydrogens (tertiary/aromatic N) is 1. The zero-order valence-corrected chi connectivity index (χ0v) is 19.3. The first-order chi connectivity index (χ1) is 15.6. The summed E-state index contributed by atoms with van der Waals surface area (Å²) >= 11 is 2.77. The number of aromatic nitrogens is 1. The van der Waals surface area contributed by atoms with Gasteiger partial charge < -0.3 is 19.5 Å². The van der Waals surface area contributed by atoms with Crippen molar-refractivity contribution >= 4 is 45.7 Å². The zero-order valence-electron chi connectivity index (χ0n) is 17.6. The number of thiazole rings is 1. The van der Waals surface area contributed by atoms with E-state index in [9.17, 15) is 9.59 Å². The first-order valence-electron chi connectivity index (χ1n) is 9.58. The lowest BCUT2D eigenvalue weighted by Gasteiger charge is -2.07. The highest BCUT2D eigenvalue weighted by Crippen LogP contribution is 2.21.